The smallest absolute Gasteiger partial charge is 0.380 e. The minimum absolute atomic E-state index is 0.308. The molecule has 0 aliphatic carbocycles. The van der Waals surface area contributed by atoms with Crippen LogP contribution in [-0.2, 0) is 10.2 Å². The highest BCUT2D eigenvalue weighted by Crippen LogP contribution is 2.38. The normalized spacial score (nSPS) is 21.8. The zero-order valence-corrected chi connectivity index (χ0v) is 11.8. The highest BCUT2D eigenvalue weighted by Gasteiger charge is 2.55. The Hall–Kier alpha value is -0.380. The van der Waals surface area contributed by atoms with E-state index in [0.29, 0.717) is 13.0 Å². The summed E-state index contributed by atoms with van der Waals surface area (Å²) in [5.41, 5.74) is -2.78. The second-order valence-electron chi connectivity index (χ2n) is 4.76. The number of rotatable bonds is 4. The van der Waals surface area contributed by atoms with Gasteiger partial charge in [0.25, 0.3) is 10.2 Å². The Morgan fingerprint density at radius 1 is 1.32 bits per heavy atom. The number of nitrogens with zero attached hydrogens (tertiary/aromatic N) is 2. The lowest BCUT2D eigenvalue weighted by Gasteiger charge is -2.39. The van der Waals surface area contributed by atoms with Gasteiger partial charge in [-0.2, -0.15) is 30.2 Å². The predicted octanol–water partition coefficient (Wildman–Crippen LogP) is 0.962. The summed E-state index contributed by atoms with van der Waals surface area (Å²) in [5, 5.41) is 9.47. The van der Waals surface area contributed by atoms with Gasteiger partial charge in [-0.15, -0.1) is 0 Å². The third-order valence-electron chi connectivity index (χ3n) is 3.34. The van der Waals surface area contributed by atoms with E-state index in [-0.39, 0.29) is 13.1 Å². The first-order chi connectivity index (χ1) is 8.54. The van der Waals surface area contributed by atoms with Gasteiger partial charge in [0.2, 0.25) is 0 Å². The lowest BCUT2D eigenvalue weighted by molar-refractivity contribution is -0.270. The van der Waals surface area contributed by atoms with E-state index in [9.17, 15) is 26.7 Å². The molecular formula is C10H19F3N2O3S. The molecule has 1 rings (SSSR count). The first-order valence-electron chi connectivity index (χ1n) is 6.05. The molecule has 1 aliphatic rings. The van der Waals surface area contributed by atoms with Gasteiger partial charge in [-0.3, -0.25) is 0 Å². The maximum absolute atomic E-state index is 12.6. The fourth-order valence-electron chi connectivity index (χ4n) is 2.00. The van der Waals surface area contributed by atoms with Crippen molar-refractivity contribution < 1.29 is 26.7 Å². The topological polar surface area (TPSA) is 60.9 Å². The molecule has 0 spiro atoms. The van der Waals surface area contributed by atoms with Crippen molar-refractivity contribution in [1.82, 2.24) is 8.61 Å². The Labute approximate surface area is 111 Å². The van der Waals surface area contributed by atoms with Gasteiger partial charge < -0.3 is 5.11 Å². The van der Waals surface area contributed by atoms with Crippen LogP contribution < -0.4 is 0 Å². The fourth-order valence-corrected chi connectivity index (χ4v) is 3.45. The van der Waals surface area contributed by atoms with Crippen molar-refractivity contribution in [3.63, 3.8) is 0 Å². The predicted molar refractivity (Wildman–Crippen MR) is 63.7 cm³/mol. The van der Waals surface area contributed by atoms with Crippen LogP contribution in [0.25, 0.3) is 0 Å². The van der Waals surface area contributed by atoms with Crippen LogP contribution in [-0.4, -0.2) is 60.6 Å². The number of hydrogen-bond donors (Lipinski definition) is 1. The van der Waals surface area contributed by atoms with E-state index in [4.69, 9.17) is 0 Å². The second kappa shape index (κ2) is 5.55. The molecule has 114 valence electrons. The number of alkyl halides is 3. The van der Waals surface area contributed by atoms with Crippen LogP contribution in [0.3, 0.4) is 0 Å². The summed E-state index contributed by atoms with van der Waals surface area (Å²) in [4.78, 5) is 0. The van der Waals surface area contributed by atoms with Crippen LogP contribution in [0.4, 0.5) is 13.2 Å². The number of piperidine rings is 1. The number of hydrogen-bond acceptors (Lipinski definition) is 3. The molecule has 1 N–H and O–H groups in total. The minimum atomic E-state index is -4.72. The van der Waals surface area contributed by atoms with Gasteiger partial charge in [0.1, 0.15) is 0 Å². The van der Waals surface area contributed by atoms with Crippen LogP contribution in [0.2, 0.25) is 0 Å². The van der Waals surface area contributed by atoms with Crippen molar-refractivity contribution in [1.29, 1.82) is 0 Å². The summed E-state index contributed by atoms with van der Waals surface area (Å²) in [6, 6.07) is 0. The third kappa shape index (κ3) is 3.39. The zero-order chi connectivity index (χ0) is 14.9. The van der Waals surface area contributed by atoms with Gasteiger partial charge in [-0.25, -0.2) is 0 Å². The number of halogens is 3. The number of aliphatic hydroxyl groups is 1. The van der Waals surface area contributed by atoms with Gasteiger partial charge >= 0.3 is 6.18 Å². The van der Waals surface area contributed by atoms with Crippen molar-refractivity contribution >= 4 is 10.2 Å². The summed E-state index contributed by atoms with van der Waals surface area (Å²) in [7, 11) is -2.34. The van der Waals surface area contributed by atoms with Crippen LogP contribution in [0.15, 0.2) is 0 Å². The van der Waals surface area contributed by atoms with Crippen molar-refractivity contribution in [2.45, 2.75) is 38.0 Å². The second-order valence-corrected chi connectivity index (χ2v) is 6.79. The Morgan fingerprint density at radius 2 is 1.79 bits per heavy atom. The summed E-state index contributed by atoms with van der Waals surface area (Å²) in [5.74, 6) is 0. The van der Waals surface area contributed by atoms with Gasteiger partial charge in [0.15, 0.2) is 5.60 Å². The SMILES string of the molecule is CCCN(C)S(=O)(=O)N1CCC(O)(C(F)(F)F)CC1. The average Bonchev–Trinajstić information content (AvgIpc) is 2.28. The van der Waals surface area contributed by atoms with Crippen molar-refractivity contribution in [2.24, 2.45) is 0 Å². The highest BCUT2D eigenvalue weighted by atomic mass is 32.2. The molecule has 0 radical (unpaired) electrons. The van der Waals surface area contributed by atoms with Crippen molar-refractivity contribution in [3.8, 4) is 0 Å². The molecular weight excluding hydrogens is 285 g/mol. The molecule has 1 fully saturated rings. The summed E-state index contributed by atoms with van der Waals surface area (Å²) < 4.78 is 64.0. The molecule has 0 saturated carbocycles. The van der Waals surface area contributed by atoms with E-state index in [1.165, 1.54) is 7.05 Å². The average molecular weight is 304 g/mol. The molecule has 0 aromatic rings. The monoisotopic (exact) mass is 304 g/mol. The Balaban J connectivity index is 2.74. The quantitative estimate of drug-likeness (QED) is 0.841. The highest BCUT2D eigenvalue weighted by molar-refractivity contribution is 7.86. The molecule has 1 aliphatic heterocycles. The molecule has 0 amide bonds. The molecule has 0 aromatic heterocycles. The fraction of sp³-hybridized carbons (Fsp3) is 1.00. The maximum Gasteiger partial charge on any atom is 0.417 e. The first kappa shape index (κ1) is 16.7. The summed E-state index contributed by atoms with van der Waals surface area (Å²) in [6.07, 6.45) is -5.36. The molecule has 19 heavy (non-hydrogen) atoms. The molecule has 9 heteroatoms. The van der Waals surface area contributed by atoms with E-state index in [1.807, 2.05) is 6.92 Å². The zero-order valence-electron chi connectivity index (χ0n) is 10.9. The van der Waals surface area contributed by atoms with Crippen molar-refractivity contribution in [2.75, 3.05) is 26.7 Å². The molecule has 0 aromatic carbocycles. The maximum atomic E-state index is 12.6. The van der Waals surface area contributed by atoms with Gasteiger partial charge in [0, 0.05) is 26.7 Å². The molecule has 1 saturated heterocycles. The van der Waals surface area contributed by atoms with E-state index in [0.717, 1.165) is 8.61 Å². The lowest BCUT2D eigenvalue weighted by Crippen LogP contribution is -2.56. The largest absolute Gasteiger partial charge is 0.417 e. The van der Waals surface area contributed by atoms with Crippen LogP contribution >= 0.6 is 0 Å². The van der Waals surface area contributed by atoms with Crippen LogP contribution in [0.5, 0.6) is 0 Å². The lowest BCUT2D eigenvalue weighted by atomic mass is 9.92. The standard InChI is InChI=1S/C10H19F3N2O3S/c1-3-6-14(2)19(17,18)15-7-4-9(16,5-8-15)10(11,12)13/h16H,3-8H2,1-2H3. The third-order valence-corrected chi connectivity index (χ3v) is 5.32. The molecule has 0 bridgehead atoms. The van der Waals surface area contributed by atoms with Crippen molar-refractivity contribution in [3.05, 3.63) is 0 Å². The van der Waals surface area contributed by atoms with Crippen LogP contribution in [0, 0.1) is 0 Å². The van der Waals surface area contributed by atoms with E-state index < -0.39 is 34.8 Å². The van der Waals surface area contributed by atoms with Gasteiger partial charge in [-0.1, -0.05) is 6.92 Å². The molecule has 1 heterocycles. The molecule has 0 atom stereocenters. The van der Waals surface area contributed by atoms with E-state index in [2.05, 4.69) is 0 Å². The minimum Gasteiger partial charge on any atom is -0.380 e. The summed E-state index contributed by atoms with van der Waals surface area (Å²) in [6.45, 7) is 1.46. The van der Waals surface area contributed by atoms with Gasteiger partial charge in [-0.05, 0) is 19.3 Å². The van der Waals surface area contributed by atoms with E-state index in [1.54, 1.807) is 0 Å². The molecule has 5 nitrogen and oxygen atoms in total. The Morgan fingerprint density at radius 3 is 2.16 bits per heavy atom. The van der Waals surface area contributed by atoms with Gasteiger partial charge in [0.05, 0.1) is 0 Å². The summed E-state index contributed by atoms with van der Waals surface area (Å²) >= 11 is 0. The Kier molecular flexibility index (Phi) is 4.87. The molecule has 0 unspecified atom stereocenters. The first-order valence-corrected chi connectivity index (χ1v) is 7.45. The van der Waals surface area contributed by atoms with E-state index >= 15 is 0 Å². The Bertz CT molecular complexity index is 403. The van der Waals surface area contributed by atoms with Crippen LogP contribution in [0.1, 0.15) is 26.2 Å².